The summed E-state index contributed by atoms with van der Waals surface area (Å²) in [6, 6.07) is 7.31. The minimum atomic E-state index is -0.443. The Hall–Kier alpha value is -2.41. The van der Waals surface area contributed by atoms with E-state index >= 15 is 0 Å². The van der Waals surface area contributed by atoms with Crippen LogP contribution in [0.15, 0.2) is 50.9 Å². The van der Waals surface area contributed by atoms with Crippen molar-refractivity contribution in [3.63, 3.8) is 0 Å². The van der Waals surface area contributed by atoms with Crippen LogP contribution < -0.4 is 5.69 Å². The number of para-hydroxylation sites is 1. The maximum absolute atomic E-state index is 11.4. The summed E-state index contributed by atoms with van der Waals surface area (Å²) in [5.74, 6) is 0.296. The molecule has 1 aromatic carbocycles. The van der Waals surface area contributed by atoms with Gasteiger partial charge < -0.3 is 4.98 Å². The van der Waals surface area contributed by atoms with Crippen LogP contribution in [0.3, 0.4) is 0 Å². The molecule has 0 bridgehead atoms. The Labute approximate surface area is 105 Å². The van der Waals surface area contributed by atoms with Gasteiger partial charge in [-0.2, -0.15) is 4.98 Å². The molecule has 0 amide bonds. The Morgan fingerprint density at radius 3 is 2.94 bits per heavy atom. The second-order valence-corrected chi connectivity index (χ2v) is 4.30. The van der Waals surface area contributed by atoms with Gasteiger partial charge in [-0.3, -0.25) is 0 Å². The van der Waals surface area contributed by atoms with E-state index in [9.17, 15) is 4.79 Å². The second kappa shape index (κ2) is 4.46. The molecule has 1 N–H and O–H groups in total. The monoisotopic (exact) mass is 257 g/mol. The minimum Gasteiger partial charge on any atom is -0.305 e. The normalized spacial score (nSPS) is 11.3. The molecule has 0 saturated carbocycles. The fourth-order valence-corrected chi connectivity index (χ4v) is 1.97. The molecule has 0 aliphatic heterocycles. The van der Waals surface area contributed by atoms with E-state index in [1.165, 1.54) is 11.3 Å². The van der Waals surface area contributed by atoms with Crippen LogP contribution >= 0.6 is 11.3 Å². The smallest absolute Gasteiger partial charge is 0.305 e. The predicted octanol–water partition coefficient (Wildman–Crippen LogP) is 2.79. The second-order valence-electron chi connectivity index (χ2n) is 3.43. The molecule has 0 atom stereocenters. The highest BCUT2D eigenvalue weighted by molar-refractivity contribution is 7.13. The molecule has 0 unspecified atom stereocenters. The van der Waals surface area contributed by atoms with Gasteiger partial charge in [0, 0.05) is 17.0 Å². The zero-order valence-corrected chi connectivity index (χ0v) is 9.89. The van der Waals surface area contributed by atoms with Crippen molar-refractivity contribution < 1.29 is 0 Å². The van der Waals surface area contributed by atoms with Gasteiger partial charge in [0.2, 0.25) is 5.13 Å². The van der Waals surface area contributed by atoms with Gasteiger partial charge in [-0.25, -0.2) is 9.78 Å². The lowest BCUT2D eigenvalue weighted by molar-refractivity contribution is 1.07. The summed E-state index contributed by atoms with van der Waals surface area (Å²) in [7, 11) is 0. The average molecular weight is 257 g/mol. The summed E-state index contributed by atoms with van der Waals surface area (Å²) in [4.78, 5) is 21.8. The zero-order chi connectivity index (χ0) is 12.4. The Balaban J connectivity index is 2.14. The van der Waals surface area contributed by atoms with Crippen LogP contribution in [-0.2, 0) is 0 Å². The SMILES string of the molecule is O=c1nc(N=Nc2nccs2)c2ccccc2[nH]1. The van der Waals surface area contributed by atoms with Gasteiger partial charge in [0.1, 0.15) is 0 Å². The van der Waals surface area contributed by atoms with E-state index < -0.39 is 5.69 Å². The molecular weight excluding hydrogens is 250 g/mol. The molecular formula is C11H7N5OS. The number of azo groups is 1. The largest absolute Gasteiger partial charge is 0.347 e. The Kier molecular flexibility index (Phi) is 2.66. The van der Waals surface area contributed by atoms with Crippen LogP contribution in [0.25, 0.3) is 10.9 Å². The molecule has 6 nitrogen and oxygen atoms in total. The fourth-order valence-electron chi connectivity index (χ4n) is 1.52. The molecule has 7 heteroatoms. The van der Waals surface area contributed by atoms with Crippen LogP contribution in [0.4, 0.5) is 10.9 Å². The van der Waals surface area contributed by atoms with Gasteiger partial charge in [0.25, 0.3) is 0 Å². The number of benzene rings is 1. The lowest BCUT2D eigenvalue weighted by atomic mass is 10.2. The van der Waals surface area contributed by atoms with E-state index in [2.05, 4.69) is 25.2 Å². The van der Waals surface area contributed by atoms with Crippen LogP contribution in [-0.4, -0.2) is 15.0 Å². The molecule has 0 saturated heterocycles. The zero-order valence-electron chi connectivity index (χ0n) is 9.07. The number of nitrogens with one attached hydrogen (secondary N) is 1. The summed E-state index contributed by atoms with van der Waals surface area (Å²) < 4.78 is 0. The molecule has 88 valence electrons. The number of nitrogens with zero attached hydrogens (tertiary/aromatic N) is 4. The third kappa shape index (κ3) is 2.03. The van der Waals surface area contributed by atoms with Gasteiger partial charge in [0.05, 0.1) is 5.52 Å². The van der Waals surface area contributed by atoms with E-state index in [1.54, 1.807) is 17.6 Å². The average Bonchev–Trinajstić information content (AvgIpc) is 2.89. The summed E-state index contributed by atoms with van der Waals surface area (Å²) >= 11 is 1.37. The fraction of sp³-hybridized carbons (Fsp3) is 0. The molecule has 0 aliphatic rings. The van der Waals surface area contributed by atoms with Crippen molar-refractivity contribution in [2.24, 2.45) is 10.2 Å². The number of rotatable bonds is 2. The maximum atomic E-state index is 11.4. The number of aromatic amines is 1. The highest BCUT2D eigenvalue weighted by atomic mass is 32.1. The molecule has 3 aromatic rings. The third-order valence-electron chi connectivity index (χ3n) is 2.27. The summed E-state index contributed by atoms with van der Waals surface area (Å²) in [5.41, 5.74) is 0.243. The first-order valence-electron chi connectivity index (χ1n) is 5.13. The van der Waals surface area contributed by atoms with E-state index in [0.717, 1.165) is 5.39 Å². The van der Waals surface area contributed by atoms with E-state index in [1.807, 2.05) is 18.2 Å². The number of fused-ring (bicyclic) bond motifs is 1. The number of hydrogen-bond acceptors (Lipinski definition) is 6. The molecule has 0 radical (unpaired) electrons. The van der Waals surface area contributed by atoms with Crippen molar-refractivity contribution in [2.75, 3.05) is 0 Å². The molecule has 0 aliphatic carbocycles. The Bertz CT molecular complexity index is 762. The van der Waals surface area contributed by atoms with Crippen LogP contribution in [0.5, 0.6) is 0 Å². The van der Waals surface area contributed by atoms with Gasteiger partial charge in [-0.15, -0.1) is 21.6 Å². The molecule has 0 spiro atoms. The number of thiazole rings is 1. The summed E-state index contributed by atoms with van der Waals surface area (Å²) in [6.45, 7) is 0. The quantitative estimate of drug-likeness (QED) is 0.716. The van der Waals surface area contributed by atoms with Crippen molar-refractivity contribution in [1.82, 2.24) is 15.0 Å². The Morgan fingerprint density at radius 1 is 1.22 bits per heavy atom. The van der Waals surface area contributed by atoms with Crippen molar-refractivity contribution in [1.29, 1.82) is 0 Å². The third-order valence-corrected chi connectivity index (χ3v) is 2.92. The minimum absolute atomic E-state index is 0.296. The first-order valence-corrected chi connectivity index (χ1v) is 6.01. The standard InChI is InChI=1S/C11H7N5OS/c17-10-13-8-4-2-1-3-7(8)9(14-10)15-16-11-12-5-6-18-11/h1-6H,(H,13,14,17). The van der Waals surface area contributed by atoms with Crippen molar-refractivity contribution in [2.45, 2.75) is 0 Å². The van der Waals surface area contributed by atoms with Crippen molar-refractivity contribution in [3.8, 4) is 0 Å². The highest BCUT2D eigenvalue weighted by Gasteiger charge is 2.03. The van der Waals surface area contributed by atoms with Crippen molar-refractivity contribution >= 4 is 33.2 Å². The first-order chi connectivity index (χ1) is 8.83. The lowest BCUT2D eigenvalue weighted by Crippen LogP contribution is -2.09. The molecule has 0 fully saturated rings. The molecule has 18 heavy (non-hydrogen) atoms. The van der Waals surface area contributed by atoms with Crippen LogP contribution in [0, 0.1) is 0 Å². The number of H-pyrrole nitrogens is 1. The number of aromatic nitrogens is 3. The van der Waals surface area contributed by atoms with Crippen molar-refractivity contribution in [3.05, 3.63) is 46.3 Å². The van der Waals surface area contributed by atoms with E-state index in [4.69, 9.17) is 0 Å². The summed E-state index contributed by atoms with van der Waals surface area (Å²) in [5, 5.41) is 11.0. The Morgan fingerprint density at radius 2 is 2.11 bits per heavy atom. The highest BCUT2D eigenvalue weighted by Crippen LogP contribution is 2.23. The molecule has 3 rings (SSSR count). The molecule has 2 aromatic heterocycles. The van der Waals surface area contributed by atoms with Gasteiger partial charge in [-0.05, 0) is 12.1 Å². The van der Waals surface area contributed by atoms with Gasteiger partial charge in [0.15, 0.2) is 5.82 Å². The lowest BCUT2D eigenvalue weighted by Gasteiger charge is -1.98. The maximum Gasteiger partial charge on any atom is 0.347 e. The van der Waals surface area contributed by atoms with E-state index in [0.29, 0.717) is 16.5 Å². The topological polar surface area (TPSA) is 83.4 Å². The van der Waals surface area contributed by atoms with Crippen LogP contribution in [0.1, 0.15) is 0 Å². The van der Waals surface area contributed by atoms with Crippen LogP contribution in [0.2, 0.25) is 0 Å². The first kappa shape index (κ1) is 10.7. The molecule has 2 heterocycles. The van der Waals surface area contributed by atoms with E-state index in [-0.39, 0.29) is 0 Å². The number of hydrogen-bond donors (Lipinski definition) is 1. The predicted molar refractivity (Wildman–Crippen MR) is 68.7 cm³/mol. The van der Waals surface area contributed by atoms with Gasteiger partial charge >= 0.3 is 5.69 Å². The van der Waals surface area contributed by atoms with Gasteiger partial charge in [-0.1, -0.05) is 12.1 Å². The summed E-state index contributed by atoms with van der Waals surface area (Å²) in [6.07, 6.45) is 1.64.